The van der Waals surface area contributed by atoms with Crippen molar-refractivity contribution in [2.75, 3.05) is 65.6 Å². The van der Waals surface area contributed by atoms with Crippen LogP contribution in [0.15, 0.2) is 0 Å². The summed E-state index contributed by atoms with van der Waals surface area (Å²) in [4.78, 5) is 4.55. The maximum Gasteiger partial charge on any atom is 0.0558 e. The topological polar surface area (TPSA) is 59.0 Å². The van der Waals surface area contributed by atoms with Crippen LogP contribution in [0.25, 0.3) is 0 Å². The van der Waals surface area contributed by atoms with Crippen LogP contribution in [-0.2, 0) is 0 Å². The molecular formula is C12H27N3O2. The van der Waals surface area contributed by atoms with E-state index >= 15 is 0 Å². The lowest BCUT2D eigenvalue weighted by atomic mass is 10.4. The molecule has 5 nitrogen and oxygen atoms in total. The molecule has 0 aromatic rings. The van der Waals surface area contributed by atoms with Crippen molar-refractivity contribution in [1.82, 2.24) is 15.1 Å². The van der Waals surface area contributed by atoms with Gasteiger partial charge in [-0.25, -0.2) is 0 Å². The minimum atomic E-state index is 0.292. The van der Waals surface area contributed by atoms with Crippen LogP contribution in [0.2, 0.25) is 0 Å². The van der Waals surface area contributed by atoms with Crippen LogP contribution in [0.1, 0.15) is 12.8 Å². The molecule has 0 spiro atoms. The maximum absolute atomic E-state index is 8.56. The van der Waals surface area contributed by atoms with E-state index in [0.717, 1.165) is 39.3 Å². The average Bonchev–Trinajstić information content (AvgIpc) is 2.85. The van der Waals surface area contributed by atoms with E-state index in [4.69, 9.17) is 10.2 Å². The van der Waals surface area contributed by atoms with Crippen molar-refractivity contribution >= 4 is 0 Å². The molecule has 0 aliphatic carbocycles. The van der Waals surface area contributed by atoms with E-state index in [1.165, 1.54) is 25.9 Å². The first kappa shape index (κ1) is 14.9. The van der Waals surface area contributed by atoms with Gasteiger partial charge in [0.25, 0.3) is 0 Å². The second kappa shape index (κ2) is 9.79. The van der Waals surface area contributed by atoms with Gasteiger partial charge in [-0.3, -0.25) is 4.90 Å². The summed E-state index contributed by atoms with van der Waals surface area (Å²) in [6, 6.07) is 0. The Morgan fingerprint density at radius 3 is 1.71 bits per heavy atom. The number of likely N-dealkylation sites (tertiary alicyclic amines) is 1. The summed E-state index contributed by atoms with van der Waals surface area (Å²) < 4.78 is 0. The normalized spacial score (nSPS) is 22.2. The SMILES string of the molecule is OCCN1CCCC1.OCCN1CCNCC1. The molecule has 3 N–H and O–H groups in total. The number of piperazine rings is 1. The monoisotopic (exact) mass is 245 g/mol. The Morgan fingerprint density at radius 1 is 0.765 bits per heavy atom. The molecule has 0 saturated carbocycles. The standard InChI is InChI=1S/C6H14N2O.C6H13NO/c9-6-5-8-3-1-7-2-4-8;8-6-5-7-3-1-2-4-7/h7,9H,1-6H2;8H,1-6H2. The van der Waals surface area contributed by atoms with Crippen LogP contribution in [0.3, 0.4) is 0 Å². The first-order chi connectivity index (χ1) is 8.36. The lowest BCUT2D eigenvalue weighted by Crippen LogP contribution is -2.44. The highest BCUT2D eigenvalue weighted by Crippen LogP contribution is 2.05. The summed E-state index contributed by atoms with van der Waals surface area (Å²) >= 11 is 0. The van der Waals surface area contributed by atoms with Crippen molar-refractivity contribution in [2.24, 2.45) is 0 Å². The summed E-state index contributed by atoms with van der Waals surface area (Å²) in [6.07, 6.45) is 2.64. The van der Waals surface area contributed by atoms with Crippen LogP contribution in [0.4, 0.5) is 0 Å². The van der Waals surface area contributed by atoms with Gasteiger partial charge in [0.1, 0.15) is 0 Å². The number of hydrogen-bond donors (Lipinski definition) is 3. The van der Waals surface area contributed by atoms with Crippen LogP contribution in [0.5, 0.6) is 0 Å². The Labute approximate surface area is 104 Å². The number of aliphatic hydroxyl groups is 2. The molecular weight excluding hydrogens is 218 g/mol. The van der Waals surface area contributed by atoms with Gasteiger partial charge in [-0.05, 0) is 25.9 Å². The highest BCUT2D eigenvalue weighted by molar-refractivity contribution is 4.66. The van der Waals surface area contributed by atoms with E-state index in [0.29, 0.717) is 13.2 Å². The lowest BCUT2D eigenvalue weighted by molar-refractivity contribution is 0.180. The number of β-amino-alcohol motifs (C(OH)–C–C–N with tert-alkyl or cyclic N) is 2. The molecule has 2 aliphatic heterocycles. The average molecular weight is 245 g/mol. The largest absolute Gasteiger partial charge is 0.395 e. The molecule has 0 aromatic heterocycles. The molecule has 0 aromatic carbocycles. The molecule has 2 fully saturated rings. The second-order valence-electron chi connectivity index (χ2n) is 4.59. The predicted octanol–water partition coefficient (Wildman–Crippen LogP) is -1.04. The molecule has 0 bridgehead atoms. The van der Waals surface area contributed by atoms with Crippen molar-refractivity contribution in [2.45, 2.75) is 12.8 Å². The molecule has 0 unspecified atom stereocenters. The minimum absolute atomic E-state index is 0.292. The Balaban J connectivity index is 0.000000171. The summed E-state index contributed by atoms with van der Waals surface area (Å²) in [7, 11) is 0. The maximum atomic E-state index is 8.56. The molecule has 0 radical (unpaired) electrons. The van der Waals surface area contributed by atoms with Gasteiger partial charge in [-0.1, -0.05) is 0 Å². The molecule has 5 heteroatoms. The summed E-state index contributed by atoms with van der Waals surface area (Å²) in [5, 5.41) is 20.3. The van der Waals surface area contributed by atoms with Gasteiger partial charge in [0.2, 0.25) is 0 Å². The van der Waals surface area contributed by atoms with Gasteiger partial charge < -0.3 is 20.4 Å². The zero-order valence-corrected chi connectivity index (χ0v) is 10.8. The van der Waals surface area contributed by atoms with Gasteiger partial charge >= 0.3 is 0 Å². The van der Waals surface area contributed by atoms with E-state index in [1.807, 2.05) is 0 Å². The van der Waals surface area contributed by atoms with Crippen LogP contribution in [0, 0.1) is 0 Å². The summed E-state index contributed by atoms with van der Waals surface area (Å²) in [5.41, 5.74) is 0. The highest BCUT2D eigenvalue weighted by Gasteiger charge is 2.09. The van der Waals surface area contributed by atoms with E-state index < -0.39 is 0 Å². The van der Waals surface area contributed by atoms with Crippen LogP contribution in [-0.4, -0.2) is 85.6 Å². The number of nitrogens with one attached hydrogen (secondary N) is 1. The van der Waals surface area contributed by atoms with E-state index in [2.05, 4.69) is 15.1 Å². The van der Waals surface area contributed by atoms with Crippen LogP contribution < -0.4 is 5.32 Å². The van der Waals surface area contributed by atoms with Crippen molar-refractivity contribution in [3.63, 3.8) is 0 Å². The van der Waals surface area contributed by atoms with Gasteiger partial charge in [-0.15, -0.1) is 0 Å². The van der Waals surface area contributed by atoms with Gasteiger partial charge in [0.05, 0.1) is 13.2 Å². The number of hydrogen-bond acceptors (Lipinski definition) is 5. The van der Waals surface area contributed by atoms with Crippen molar-refractivity contribution in [1.29, 1.82) is 0 Å². The number of rotatable bonds is 4. The molecule has 17 heavy (non-hydrogen) atoms. The van der Waals surface area contributed by atoms with E-state index in [1.54, 1.807) is 0 Å². The van der Waals surface area contributed by atoms with E-state index in [9.17, 15) is 0 Å². The Morgan fingerprint density at radius 2 is 1.24 bits per heavy atom. The predicted molar refractivity (Wildman–Crippen MR) is 69.2 cm³/mol. The van der Waals surface area contributed by atoms with Gasteiger partial charge in [0, 0.05) is 39.3 Å². The second-order valence-corrected chi connectivity index (χ2v) is 4.59. The van der Waals surface area contributed by atoms with E-state index in [-0.39, 0.29) is 0 Å². The first-order valence-electron chi connectivity index (χ1n) is 6.74. The zero-order valence-electron chi connectivity index (χ0n) is 10.8. The first-order valence-corrected chi connectivity index (χ1v) is 6.74. The third kappa shape index (κ3) is 6.95. The van der Waals surface area contributed by atoms with Crippen molar-refractivity contribution in [3.05, 3.63) is 0 Å². The Kier molecular flexibility index (Phi) is 8.56. The molecule has 2 aliphatic rings. The molecule has 2 saturated heterocycles. The smallest absolute Gasteiger partial charge is 0.0558 e. The summed E-state index contributed by atoms with van der Waals surface area (Å²) in [6.45, 7) is 9.02. The Hall–Kier alpha value is -0.200. The number of nitrogens with zero attached hydrogens (tertiary/aromatic N) is 2. The fourth-order valence-corrected chi connectivity index (χ4v) is 2.22. The quantitative estimate of drug-likeness (QED) is 0.590. The molecule has 0 amide bonds. The highest BCUT2D eigenvalue weighted by atomic mass is 16.3. The van der Waals surface area contributed by atoms with Crippen LogP contribution >= 0.6 is 0 Å². The fraction of sp³-hybridized carbons (Fsp3) is 1.00. The molecule has 2 heterocycles. The lowest BCUT2D eigenvalue weighted by Gasteiger charge is -2.25. The molecule has 102 valence electrons. The molecule has 2 rings (SSSR count). The number of aliphatic hydroxyl groups excluding tert-OH is 2. The minimum Gasteiger partial charge on any atom is -0.395 e. The van der Waals surface area contributed by atoms with Gasteiger partial charge in [0.15, 0.2) is 0 Å². The van der Waals surface area contributed by atoms with Crippen molar-refractivity contribution in [3.8, 4) is 0 Å². The summed E-state index contributed by atoms with van der Waals surface area (Å²) in [5.74, 6) is 0. The third-order valence-corrected chi connectivity index (χ3v) is 3.24. The third-order valence-electron chi connectivity index (χ3n) is 3.24. The van der Waals surface area contributed by atoms with Gasteiger partial charge in [-0.2, -0.15) is 0 Å². The zero-order chi connectivity index (χ0) is 12.3. The molecule has 0 atom stereocenters. The fourth-order valence-electron chi connectivity index (χ4n) is 2.22. The Bertz CT molecular complexity index is 166. The van der Waals surface area contributed by atoms with Crippen molar-refractivity contribution < 1.29 is 10.2 Å².